The van der Waals surface area contributed by atoms with Crippen molar-refractivity contribution in [3.63, 3.8) is 0 Å². The van der Waals surface area contributed by atoms with Crippen LogP contribution < -0.4 is 5.32 Å². The lowest BCUT2D eigenvalue weighted by Crippen LogP contribution is -2.13. The molecule has 0 atom stereocenters. The monoisotopic (exact) mass is 338 g/mol. The SMILES string of the molecule is O=C(Nc1ccc(SCc2cccnc2)cc1)c1ccccc1F. The Bertz CT molecular complexity index is 822. The van der Waals surface area contributed by atoms with Gasteiger partial charge < -0.3 is 5.32 Å². The molecule has 3 nitrogen and oxygen atoms in total. The first-order chi connectivity index (χ1) is 11.7. The van der Waals surface area contributed by atoms with Crippen LogP contribution in [0.25, 0.3) is 0 Å². The molecule has 24 heavy (non-hydrogen) atoms. The van der Waals surface area contributed by atoms with Crippen molar-refractivity contribution in [3.8, 4) is 0 Å². The zero-order valence-corrected chi connectivity index (χ0v) is 13.6. The molecule has 3 aromatic rings. The standard InChI is InChI=1S/C19H15FN2OS/c20-18-6-2-1-5-17(18)19(23)22-15-7-9-16(10-8-15)24-13-14-4-3-11-21-12-14/h1-12H,13H2,(H,22,23). The van der Waals surface area contributed by atoms with Crippen LogP contribution in [0.4, 0.5) is 10.1 Å². The first-order valence-electron chi connectivity index (χ1n) is 7.40. The fourth-order valence-corrected chi connectivity index (χ4v) is 2.96. The number of pyridine rings is 1. The molecule has 0 unspecified atom stereocenters. The van der Waals surface area contributed by atoms with Crippen molar-refractivity contribution in [2.75, 3.05) is 5.32 Å². The lowest BCUT2D eigenvalue weighted by molar-refractivity contribution is 0.102. The number of amides is 1. The number of halogens is 1. The van der Waals surface area contributed by atoms with Crippen molar-refractivity contribution in [2.45, 2.75) is 10.6 Å². The number of hydrogen-bond acceptors (Lipinski definition) is 3. The maximum atomic E-state index is 13.6. The van der Waals surface area contributed by atoms with Gasteiger partial charge in [-0.15, -0.1) is 11.8 Å². The highest BCUT2D eigenvalue weighted by Crippen LogP contribution is 2.24. The number of carbonyl (C=O) groups is 1. The summed E-state index contributed by atoms with van der Waals surface area (Å²) in [4.78, 5) is 17.2. The van der Waals surface area contributed by atoms with E-state index in [2.05, 4.69) is 10.3 Å². The van der Waals surface area contributed by atoms with E-state index in [1.165, 1.54) is 12.1 Å². The average Bonchev–Trinajstić information content (AvgIpc) is 2.62. The summed E-state index contributed by atoms with van der Waals surface area (Å²) in [6.45, 7) is 0. The summed E-state index contributed by atoms with van der Waals surface area (Å²) in [7, 11) is 0. The van der Waals surface area contributed by atoms with Gasteiger partial charge in [0.05, 0.1) is 5.56 Å². The van der Waals surface area contributed by atoms with Crippen LogP contribution >= 0.6 is 11.8 Å². The van der Waals surface area contributed by atoms with Gasteiger partial charge in [0.15, 0.2) is 0 Å². The number of anilines is 1. The molecule has 0 aliphatic carbocycles. The third-order valence-corrected chi connectivity index (χ3v) is 4.44. The van der Waals surface area contributed by atoms with E-state index in [-0.39, 0.29) is 5.56 Å². The van der Waals surface area contributed by atoms with Crippen LogP contribution in [-0.2, 0) is 5.75 Å². The van der Waals surface area contributed by atoms with E-state index in [0.717, 1.165) is 16.2 Å². The molecule has 3 rings (SSSR count). The highest BCUT2D eigenvalue weighted by molar-refractivity contribution is 7.98. The molecular formula is C19H15FN2OS. The van der Waals surface area contributed by atoms with Gasteiger partial charge in [-0.05, 0) is 48.0 Å². The zero-order chi connectivity index (χ0) is 16.8. The average molecular weight is 338 g/mol. The minimum Gasteiger partial charge on any atom is -0.322 e. The summed E-state index contributed by atoms with van der Waals surface area (Å²) in [6.07, 6.45) is 3.59. The number of nitrogens with one attached hydrogen (secondary N) is 1. The van der Waals surface area contributed by atoms with Gasteiger partial charge in [-0.25, -0.2) is 4.39 Å². The molecule has 120 valence electrons. The van der Waals surface area contributed by atoms with E-state index in [1.54, 1.807) is 30.1 Å². The number of hydrogen-bond donors (Lipinski definition) is 1. The first-order valence-corrected chi connectivity index (χ1v) is 8.38. The Morgan fingerprint density at radius 3 is 2.54 bits per heavy atom. The Hall–Kier alpha value is -2.66. The first kappa shape index (κ1) is 16.2. The molecule has 1 N–H and O–H groups in total. The molecule has 1 aromatic heterocycles. The predicted molar refractivity (Wildman–Crippen MR) is 94.6 cm³/mol. The van der Waals surface area contributed by atoms with E-state index < -0.39 is 11.7 Å². The maximum absolute atomic E-state index is 13.6. The molecule has 0 bridgehead atoms. The van der Waals surface area contributed by atoms with Crippen LogP contribution in [0.5, 0.6) is 0 Å². The highest BCUT2D eigenvalue weighted by atomic mass is 32.2. The van der Waals surface area contributed by atoms with Crippen LogP contribution in [0.3, 0.4) is 0 Å². The van der Waals surface area contributed by atoms with Gasteiger partial charge in [-0.3, -0.25) is 9.78 Å². The Morgan fingerprint density at radius 1 is 1.04 bits per heavy atom. The molecule has 1 heterocycles. The summed E-state index contributed by atoms with van der Waals surface area (Å²) >= 11 is 1.69. The predicted octanol–water partition coefficient (Wildman–Crippen LogP) is 4.77. The quantitative estimate of drug-likeness (QED) is 0.682. The number of benzene rings is 2. The van der Waals surface area contributed by atoms with Crippen molar-refractivity contribution in [1.29, 1.82) is 0 Å². The second-order valence-corrected chi connectivity index (χ2v) is 6.16. The van der Waals surface area contributed by atoms with E-state index in [0.29, 0.717) is 5.69 Å². The largest absolute Gasteiger partial charge is 0.322 e. The Balaban J connectivity index is 1.60. The molecule has 0 saturated heterocycles. The lowest BCUT2D eigenvalue weighted by Gasteiger charge is -2.07. The van der Waals surface area contributed by atoms with Crippen molar-refractivity contribution < 1.29 is 9.18 Å². The Kier molecular flexibility index (Phi) is 5.23. The zero-order valence-electron chi connectivity index (χ0n) is 12.8. The van der Waals surface area contributed by atoms with Crippen molar-refractivity contribution >= 4 is 23.4 Å². The Labute approximate surface area is 143 Å². The Morgan fingerprint density at radius 2 is 1.83 bits per heavy atom. The third kappa shape index (κ3) is 4.20. The summed E-state index contributed by atoms with van der Waals surface area (Å²) < 4.78 is 13.6. The fraction of sp³-hybridized carbons (Fsp3) is 0.0526. The molecule has 0 fully saturated rings. The van der Waals surface area contributed by atoms with Crippen LogP contribution in [0.2, 0.25) is 0 Å². The van der Waals surface area contributed by atoms with Crippen molar-refractivity contribution in [1.82, 2.24) is 4.98 Å². The van der Waals surface area contributed by atoms with Gasteiger partial charge >= 0.3 is 0 Å². The number of rotatable bonds is 5. The van der Waals surface area contributed by atoms with Crippen LogP contribution in [0.15, 0.2) is 78.0 Å². The number of aromatic nitrogens is 1. The second-order valence-electron chi connectivity index (χ2n) is 5.11. The molecule has 0 aliphatic rings. The molecular weight excluding hydrogens is 323 g/mol. The molecule has 1 amide bonds. The van der Waals surface area contributed by atoms with Gasteiger partial charge in [0.25, 0.3) is 5.91 Å². The summed E-state index contributed by atoms with van der Waals surface area (Å²) in [6, 6.07) is 17.3. The maximum Gasteiger partial charge on any atom is 0.258 e. The molecule has 0 spiro atoms. The third-order valence-electron chi connectivity index (χ3n) is 3.36. The number of nitrogens with zero attached hydrogens (tertiary/aromatic N) is 1. The lowest BCUT2D eigenvalue weighted by atomic mass is 10.2. The van der Waals surface area contributed by atoms with Crippen LogP contribution in [0, 0.1) is 5.82 Å². The molecule has 5 heteroatoms. The minimum absolute atomic E-state index is 0.0347. The second kappa shape index (κ2) is 7.75. The number of thioether (sulfide) groups is 1. The summed E-state index contributed by atoms with van der Waals surface area (Å²) in [5.41, 5.74) is 1.82. The van der Waals surface area contributed by atoms with Gasteiger partial charge in [-0.1, -0.05) is 18.2 Å². The van der Waals surface area contributed by atoms with Gasteiger partial charge in [0.2, 0.25) is 0 Å². The van der Waals surface area contributed by atoms with E-state index >= 15 is 0 Å². The van der Waals surface area contributed by atoms with Crippen molar-refractivity contribution in [2.24, 2.45) is 0 Å². The van der Waals surface area contributed by atoms with Crippen LogP contribution in [-0.4, -0.2) is 10.9 Å². The molecule has 0 aliphatic heterocycles. The smallest absolute Gasteiger partial charge is 0.258 e. The topological polar surface area (TPSA) is 42.0 Å². The summed E-state index contributed by atoms with van der Waals surface area (Å²) in [5, 5.41) is 2.70. The minimum atomic E-state index is -0.529. The van der Waals surface area contributed by atoms with Crippen LogP contribution in [0.1, 0.15) is 15.9 Å². The molecule has 2 aromatic carbocycles. The normalized spacial score (nSPS) is 10.4. The fourth-order valence-electron chi connectivity index (χ4n) is 2.13. The van der Waals surface area contributed by atoms with Crippen molar-refractivity contribution in [3.05, 3.63) is 90.0 Å². The highest BCUT2D eigenvalue weighted by Gasteiger charge is 2.10. The van der Waals surface area contributed by atoms with E-state index in [1.807, 2.05) is 42.6 Å². The van der Waals surface area contributed by atoms with Gasteiger partial charge in [0, 0.05) is 28.7 Å². The molecule has 0 radical (unpaired) electrons. The molecule has 0 saturated carbocycles. The van der Waals surface area contributed by atoms with Gasteiger partial charge in [-0.2, -0.15) is 0 Å². The van der Waals surface area contributed by atoms with E-state index in [9.17, 15) is 9.18 Å². The van der Waals surface area contributed by atoms with E-state index in [4.69, 9.17) is 0 Å². The van der Waals surface area contributed by atoms with Gasteiger partial charge in [0.1, 0.15) is 5.82 Å². The summed E-state index contributed by atoms with van der Waals surface area (Å²) in [5.74, 6) is -0.156. The number of carbonyl (C=O) groups excluding carboxylic acids is 1.